The largest absolute Gasteiger partial charge is 0.310 e. The Kier molecular flexibility index (Phi) is 4.19. The van der Waals surface area contributed by atoms with E-state index in [1.165, 1.54) is 38.0 Å². The Morgan fingerprint density at radius 1 is 1.18 bits per heavy atom. The van der Waals surface area contributed by atoms with Crippen LogP contribution >= 0.6 is 0 Å². The molecule has 0 aliphatic carbocycles. The standard InChI is InChI=1S/C15H24N2/c1-15(2)9-12-17(13-10-16-15)11-8-14-6-4-3-5-7-14/h3-7,16H,8-13H2,1-2H3. The van der Waals surface area contributed by atoms with Crippen LogP contribution in [0.1, 0.15) is 25.8 Å². The third-order valence-electron chi connectivity index (χ3n) is 3.64. The van der Waals surface area contributed by atoms with Gasteiger partial charge in [-0.2, -0.15) is 0 Å². The van der Waals surface area contributed by atoms with E-state index in [9.17, 15) is 0 Å². The Balaban J connectivity index is 1.80. The molecule has 0 radical (unpaired) electrons. The van der Waals surface area contributed by atoms with Gasteiger partial charge in [0.1, 0.15) is 0 Å². The fourth-order valence-electron chi connectivity index (χ4n) is 2.35. The normalized spacial score (nSPS) is 21.1. The van der Waals surface area contributed by atoms with Crippen LogP contribution in [0, 0.1) is 0 Å². The van der Waals surface area contributed by atoms with E-state index in [-0.39, 0.29) is 0 Å². The maximum absolute atomic E-state index is 3.61. The van der Waals surface area contributed by atoms with Gasteiger partial charge in [0.25, 0.3) is 0 Å². The quantitative estimate of drug-likeness (QED) is 0.860. The average Bonchev–Trinajstić information content (AvgIpc) is 2.49. The molecule has 2 rings (SSSR count). The van der Waals surface area contributed by atoms with Gasteiger partial charge in [-0.05, 0) is 38.8 Å². The van der Waals surface area contributed by atoms with Gasteiger partial charge in [-0.15, -0.1) is 0 Å². The second-order valence-electron chi connectivity index (χ2n) is 5.64. The molecule has 0 unspecified atom stereocenters. The summed E-state index contributed by atoms with van der Waals surface area (Å²) in [5.41, 5.74) is 1.76. The minimum Gasteiger partial charge on any atom is -0.310 e. The van der Waals surface area contributed by atoms with Gasteiger partial charge < -0.3 is 10.2 Å². The predicted molar refractivity (Wildman–Crippen MR) is 73.3 cm³/mol. The SMILES string of the molecule is CC1(C)CCN(CCc2ccccc2)CCN1. The number of hydrogen-bond acceptors (Lipinski definition) is 2. The van der Waals surface area contributed by atoms with Crippen molar-refractivity contribution in [3.05, 3.63) is 35.9 Å². The van der Waals surface area contributed by atoms with Crippen molar-refractivity contribution in [1.82, 2.24) is 10.2 Å². The Morgan fingerprint density at radius 2 is 1.94 bits per heavy atom. The summed E-state index contributed by atoms with van der Waals surface area (Å²) in [5.74, 6) is 0. The summed E-state index contributed by atoms with van der Waals surface area (Å²) in [6.45, 7) is 9.29. The lowest BCUT2D eigenvalue weighted by molar-refractivity contribution is 0.287. The molecule has 1 fully saturated rings. The summed E-state index contributed by atoms with van der Waals surface area (Å²) in [5, 5.41) is 3.61. The molecular formula is C15H24N2. The number of rotatable bonds is 3. The third-order valence-corrected chi connectivity index (χ3v) is 3.64. The zero-order valence-electron chi connectivity index (χ0n) is 11.1. The van der Waals surface area contributed by atoms with Crippen molar-refractivity contribution >= 4 is 0 Å². The lowest BCUT2D eigenvalue weighted by Gasteiger charge is -2.23. The van der Waals surface area contributed by atoms with E-state index >= 15 is 0 Å². The molecule has 0 saturated carbocycles. The van der Waals surface area contributed by atoms with Crippen molar-refractivity contribution in [3.8, 4) is 0 Å². The van der Waals surface area contributed by atoms with Crippen LogP contribution in [0.2, 0.25) is 0 Å². The van der Waals surface area contributed by atoms with Crippen molar-refractivity contribution < 1.29 is 0 Å². The van der Waals surface area contributed by atoms with E-state index in [2.05, 4.69) is 54.4 Å². The zero-order chi connectivity index (χ0) is 12.1. The van der Waals surface area contributed by atoms with Crippen molar-refractivity contribution in [3.63, 3.8) is 0 Å². The Morgan fingerprint density at radius 3 is 2.71 bits per heavy atom. The minimum atomic E-state index is 0.307. The average molecular weight is 232 g/mol. The molecule has 0 bridgehead atoms. The van der Waals surface area contributed by atoms with Crippen LogP contribution in [0.3, 0.4) is 0 Å². The summed E-state index contributed by atoms with van der Waals surface area (Å²) < 4.78 is 0. The Bertz CT molecular complexity index is 332. The highest BCUT2D eigenvalue weighted by atomic mass is 15.2. The highest BCUT2D eigenvalue weighted by Gasteiger charge is 2.21. The predicted octanol–water partition coefficient (Wildman–Crippen LogP) is 2.30. The van der Waals surface area contributed by atoms with Gasteiger partial charge in [0, 0.05) is 25.2 Å². The summed E-state index contributed by atoms with van der Waals surface area (Å²) >= 11 is 0. The van der Waals surface area contributed by atoms with E-state index in [1.54, 1.807) is 0 Å². The van der Waals surface area contributed by atoms with Gasteiger partial charge in [0.2, 0.25) is 0 Å². The number of nitrogens with one attached hydrogen (secondary N) is 1. The summed E-state index contributed by atoms with van der Waals surface area (Å²) in [7, 11) is 0. The summed E-state index contributed by atoms with van der Waals surface area (Å²) in [4.78, 5) is 2.58. The van der Waals surface area contributed by atoms with E-state index in [1.807, 2.05) is 0 Å². The first-order valence-corrected chi connectivity index (χ1v) is 6.67. The van der Waals surface area contributed by atoms with Gasteiger partial charge in [-0.3, -0.25) is 0 Å². The highest BCUT2D eigenvalue weighted by Crippen LogP contribution is 2.12. The smallest absolute Gasteiger partial charge is 0.0137 e. The van der Waals surface area contributed by atoms with Crippen molar-refractivity contribution in [2.75, 3.05) is 26.2 Å². The molecule has 0 spiro atoms. The number of hydrogen-bond donors (Lipinski definition) is 1. The van der Waals surface area contributed by atoms with Crippen LogP contribution in [-0.4, -0.2) is 36.6 Å². The lowest BCUT2D eigenvalue weighted by Crippen LogP contribution is -2.39. The van der Waals surface area contributed by atoms with E-state index in [0.717, 1.165) is 6.54 Å². The molecular weight excluding hydrogens is 208 g/mol. The van der Waals surface area contributed by atoms with Gasteiger partial charge in [0.15, 0.2) is 0 Å². The molecule has 1 aliphatic rings. The van der Waals surface area contributed by atoms with Crippen LogP contribution in [-0.2, 0) is 6.42 Å². The molecule has 17 heavy (non-hydrogen) atoms. The number of nitrogens with zero attached hydrogens (tertiary/aromatic N) is 1. The second kappa shape index (κ2) is 5.65. The van der Waals surface area contributed by atoms with Gasteiger partial charge in [-0.25, -0.2) is 0 Å². The maximum atomic E-state index is 3.61. The molecule has 2 nitrogen and oxygen atoms in total. The Hall–Kier alpha value is -0.860. The first kappa shape index (κ1) is 12.6. The number of benzene rings is 1. The van der Waals surface area contributed by atoms with Crippen LogP contribution < -0.4 is 5.32 Å². The molecule has 1 N–H and O–H groups in total. The lowest BCUT2D eigenvalue weighted by atomic mass is 10.0. The van der Waals surface area contributed by atoms with Crippen molar-refractivity contribution in [2.24, 2.45) is 0 Å². The van der Waals surface area contributed by atoms with E-state index in [0.29, 0.717) is 5.54 Å². The molecule has 1 aromatic rings. The molecule has 1 heterocycles. The molecule has 1 aromatic carbocycles. The summed E-state index contributed by atoms with van der Waals surface area (Å²) in [6, 6.07) is 10.8. The summed E-state index contributed by atoms with van der Waals surface area (Å²) in [6.07, 6.45) is 2.41. The van der Waals surface area contributed by atoms with Gasteiger partial charge in [0.05, 0.1) is 0 Å². The third kappa shape index (κ3) is 4.14. The first-order valence-electron chi connectivity index (χ1n) is 6.67. The molecule has 0 amide bonds. The van der Waals surface area contributed by atoms with Gasteiger partial charge >= 0.3 is 0 Å². The van der Waals surface area contributed by atoms with Crippen LogP contribution in [0.5, 0.6) is 0 Å². The fraction of sp³-hybridized carbons (Fsp3) is 0.600. The maximum Gasteiger partial charge on any atom is 0.0137 e. The van der Waals surface area contributed by atoms with E-state index in [4.69, 9.17) is 0 Å². The van der Waals surface area contributed by atoms with Crippen LogP contribution in [0.15, 0.2) is 30.3 Å². The molecule has 1 saturated heterocycles. The Labute approximate surface area is 105 Å². The van der Waals surface area contributed by atoms with Crippen molar-refractivity contribution in [2.45, 2.75) is 32.2 Å². The first-order chi connectivity index (χ1) is 8.16. The topological polar surface area (TPSA) is 15.3 Å². The minimum absolute atomic E-state index is 0.307. The monoisotopic (exact) mass is 232 g/mol. The molecule has 0 atom stereocenters. The zero-order valence-corrected chi connectivity index (χ0v) is 11.1. The van der Waals surface area contributed by atoms with Crippen molar-refractivity contribution in [1.29, 1.82) is 0 Å². The highest BCUT2D eigenvalue weighted by molar-refractivity contribution is 5.14. The molecule has 94 valence electrons. The second-order valence-corrected chi connectivity index (χ2v) is 5.64. The van der Waals surface area contributed by atoms with Crippen LogP contribution in [0.4, 0.5) is 0 Å². The molecule has 2 heteroatoms. The van der Waals surface area contributed by atoms with Gasteiger partial charge in [-0.1, -0.05) is 30.3 Å². The molecule has 0 aromatic heterocycles. The fourth-order valence-corrected chi connectivity index (χ4v) is 2.35. The van der Waals surface area contributed by atoms with E-state index < -0.39 is 0 Å². The van der Waals surface area contributed by atoms with Crippen LogP contribution in [0.25, 0.3) is 0 Å². The molecule has 1 aliphatic heterocycles.